The molecule has 1 amide bonds. The van der Waals surface area contributed by atoms with Crippen molar-refractivity contribution in [2.24, 2.45) is 4.99 Å². The molecule has 5 heteroatoms. The zero-order valence-corrected chi connectivity index (χ0v) is 8.21. The van der Waals surface area contributed by atoms with E-state index in [1.807, 2.05) is 12.1 Å². The van der Waals surface area contributed by atoms with Crippen LogP contribution in [0.25, 0.3) is 0 Å². The second-order valence-corrected chi connectivity index (χ2v) is 3.40. The number of rotatable bonds is 1. The number of halogens is 1. The van der Waals surface area contributed by atoms with E-state index in [-0.39, 0.29) is 12.5 Å². The molecule has 0 atom stereocenters. The molecule has 1 aromatic rings. The summed E-state index contributed by atoms with van der Waals surface area (Å²) in [6.45, 7) is 0.193. The van der Waals surface area contributed by atoms with Gasteiger partial charge in [-0.3, -0.25) is 14.8 Å². The molecule has 0 spiro atoms. The van der Waals surface area contributed by atoms with E-state index in [1.54, 1.807) is 6.20 Å². The number of pyridine rings is 1. The van der Waals surface area contributed by atoms with Gasteiger partial charge in [0, 0.05) is 10.7 Å². The fourth-order valence-electron chi connectivity index (χ4n) is 1.06. The largest absolute Gasteiger partial charge is 0.308 e. The van der Waals surface area contributed by atoms with Crippen LogP contribution in [-0.2, 0) is 4.79 Å². The highest BCUT2D eigenvalue weighted by Gasteiger charge is 2.17. The van der Waals surface area contributed by atoms with Crippen molar-refractivity contribution in [1.82, 2.24) is 10.3 Å². The molecule has 2 rings (SSSR count). The number of nitrogens with zero attached hydrogens (tertiary/aromatic N) is 2. The van der Waals surface area contributed by atoms with Crippen LogP contribution >= 0.6 is 15.9 Å². The Labute approximate surface area is 83.2 Å². The number of hydrogen-bond acceptors (Lipinski definition) is 3. The van der Waals surface area contributed by atoms with E-state index in [4.69, 9.17) is 0 Å². The molecule has 0 aromatic carbocycles. The maximum absolute atomic E-state index is 10.9. The molecule has 0 saturated heterocycles. The summed E-state index contributed by atoms with van der Waals surface area (Å²) in [5.74, 6) is 0.449. The highest BCUT2D eigenvalue weighted by Crippen LogP contribution is 2.14. The Morgan fingerprint density at radius 1 is 1.54 bits per heavy atom. The molecular weight excluding hydrogens is 234 g/mol. The zero-order chi connectivity index (χ0) is 9.26. The minimum absolute atomic E-state index is 0.0902. The molecule has 0 fully saturated rings. The van der Waals surface area contributed by atoms with E-state index in [2.05, 4.69) is 31.2 Å². The van der Waals surface area contributed by atoms with E-state index in [0.717, 1.165) is 4.47 Å². The van der Waals surface area contributed by atoms with Gasteiger partial charge in [0.1, 0.15) is 12.2 Å². The molecule has 66 valence electrons. The summed E-state index contributed by atoms with van der Waals surface area (Å²) in [5.41, 5.74) is 0.674. The average Bonchev–Trinajstić information content (AvgIpc) is 2.53. The van der Waals surface area contributed by atoms with Crippen LogP contribution in [0.3, 0.4) is 0 Å². The van der Waals surface area contributed by atoms with Crippen LogP contribution in [0.1, 0.15) is 5.69 Å². The van der Waals surface area contributed by atoms with Crippen LogP contribution in [0.4, 0.5) is 0 Å². The van der Waals surface area contributed by atoms with E-state index in [0.29, 0.717) is 11.5 Å². The standard InChI is InChI=1S/C8H6BrN3O/c9-5-2-1-3-10-7(5)8-11-4-6(13)12-8/h1-3H,4H2,(H,11,12,13). The van der Waals surface area contributed by atoms with Crippen molar-refractivity contribution in [3.63, 3.8) is 0 Å². The molecular formula is C8H6BrN3O. The second-order valence-electron chi connectivity index (χ2n) is 2.55. The van der Waals surface area contributed by atoms with Crippen LogP contribution in [-0.4, -0.2) is 23.3 Å². The van der Waals surface area contributed by atoms with Crippen molar-refractivity contribution in [2.45, 2.75) is 0 Å². The maximum atomic E-state index is 10.9. The van der Waals surface area contributed by atoms with Gasteiger partial charge in [-0.2, -0.15) is 0 Å². The van der Waals surface area contributed by atoms with Crippen molar-refractivity contribution in [1.29, 1.82) is 0 Å². The predicted octanol–water partition coefficient (Wildman–Crippen LogP) is 0.720. The first-order chi connectivity index (χ1) is 6.27. The van der Waals surface area contributed by atoms with Gasteiger partial charge >= 0.3 is 0 Å². The summed E-state index contributed by atoms with van der Waals surface area (Å²) in [4.78, 5) is 19.0. The third-order valence-electron chi connectivity index (χ3n) is 1.62. The number of amidine groups is 1. The van der Waals surface area contributed by atoms with Crippen molar-refractivity contribution >= 4 is 27.7 Å². The molecule has 13 heavy (non-hydrogen) atoms. The molecule has 0 saturated carbocycles. The molecule has 1 aromatic heterocycles. The number of carbonyl (C=O) groups is 1. The first-order valence-electron chi connectivity index (χ1n) is 3.72. The maximum Gasteiger partial charge on any atom is 0.247 e. The zero-order valence-electron chi connectivity index (χ0n) is 6.62. The van der Waals surface area contributed by atoms with E-state index in [1.165, 1.54) is 0 Å². The Morgan fingerprint density at radius 3 is 3.00 bits per heavy atom. The molecule has 0 aliphatic carbocycles. The topological polar surface area (TPSA) is 54.4 Å². The summed E-state index contributed by atoms with van der Waals surface area (Å²) in [7, 11) is 0. The number of carbonyl (C=O) groups excluding carboxylic acids is 1. The summed E-state index contributed by atoms with van der Waals surface area (Å²) in [6.07, 6.45) is 1.66. The number of nitrogens with one attached hydrogen (secondary N) is 1. The molecule has 0 unspecified atom stereocenters. The van der Waals surface area contributed by atoms with Crippen molar-refractivity contribution < 1.29 is 4.79 Å². The fourth-order valence-corrected chi connectivity index (χ4v) is 1.50. The van der Waals surface area contributed by atoms with Gasteiger partial charge in [0.05, 0.1) is 0 Å². The van der Waals surface area contributed by atoms with Crippen LogP contribution in [0.15, 0.2) is 27.8 Å². The Kier molecular flexibility index (Phi) is 2.10. The summed E-state index contributed by atoms with van der Waals surface area (Å²) < 4.78 is 0.830. The quantitative estimate of drug-likeness (QED) is 0.786. The lowest BCUT2D eigenvalue weighted by Gasteiger charge is -2.01. The van der Waals surface area contributed by atoms with E-state index < -0.39 is 0 Å². The van der Waals surface area contributed by atoms with Gasteiger partial charge in [-0.15, -0.1) is 0 Å². The van der Waals surface area contributed by atoms with Crippen LogP contribution < -0.4 is 5.32 Å². The number of hydrogen-bond donors (Lipinski definition) is 1. The van der Waals surface area contributed by atoms with Gasteiger partial charge in [-0.05, 0) is 28.1 Å². The SMILES string of the molecule is O=C1CN=C(c2ncccc2Br)N1. The van der Waals surface area contributed by atoms with Gasteiger partial charge in [-0.25, -0.2) is 0 Å². The van der Waals surface area contributed by atoms with Gasteiger partial charge in [-0.1, -0.05) is 0 Å². The lowest BCUT2D eigenvalue weighted by Crippen LogP contribution is -2.26. The average molecular weight is 240 g/mol. The lowest BCUT2D eigenvalue weighted by atomic mass is 10.3. The molecule has 4 nitrogen and oxygen atoms in total. The first-order valence-corrected chi connectivity index (χ1v) is 4.52. The lowest BCUT2D eigenvalue weighted by molar-refractivity contribution is -0.117. The first kappa shape index (κ1) is 8.37. The second kappa shape index (κ2) is 3.26. The van der Waals surface area contributed by atoms with Gasteiger partial charge in [0.2, 0.25) is 5.91 Å². The number of aliphatic imine (C=N–C) groups is 1. The minimum Gasteiger partial charge on any atom is -0.308 e. The minimum atomic E-state index is -0.0902. The molecule has 0 radical (unpaired) electrons. The van der Waals surface area contributed by atoms with E-state index in [9.17, 15) is 4.79 Å². The van der Waals surface area contributed by atoms with Gasteiger partial charge in [0.15, 0.2) is 5.84 Å². The smallest absolute Gasteiger partial charge is 0.247 e. The van der Waals surface area contributed by atoms with Crippen molar-refractivity contribution in [2.75, 3.05) is 6.54 Å². The molecule has 2 heterocycles. The van der Waals surface area contributed by atoms with Gasteiger partial charge < -0.3 is 5.32 Å². The Balaban J connectivity index is 2.37. The Hall–Kier alpha value is -1.23. The third-order valence-corrected chi connectivity index (χ3v) is 2.26. The molecule has 1 N–H and O–H groups in total. The van der Waals surface area contributed by atoms with Crippen LogP contribution in [0.2, 0.25) is 0 Å². The Bertz CT molecular complexity index is 389. The van der Waals surface area contributed by atoms with Crippen LogP contribution in [0, 0.1) is 0 Å². The van der Waals surface area contributed by atoms with E-state index >= 15 is 0 Å². The summed E-state index contributed by atoms with van der Waals surface area (Å²) in [6, 6.07) is 3.67. The monoisotopic (exact) mass is 239 g/mol. The highest BCUT2D eigenvalue weighted by molar-refractivity contribution is 9.10. The van der Waals surface area contributed by atoms with Crippen molar-refractivity contribution in [3.8, 4) is 0 Å². The fraction of sp³-hybridized carbons (Fsp3) is 0.125. The normalized spacial score (nSPS) is 15.5. The summed E-state index contributed by atoms with van der Waals surface area (Å²) >= 11 is 3.33. The third kappa shape index (κ3) is 1.60. The Morgan fingerprint density at radius 2 is 2.38 bits per heavy atom. The number of amides is 1. The predicted molar refractivity (Wildman–Crippen MR) is 51.5 cm³/mol. The highest BCUT2D eigenvalue weighted by atomic mass is 79.9. The molecule has 1 aliphatic rings. The molecule has 0 bridgehead atoms. The van der Waals surface area contributed by atoms with Crippen LogP contribution in [0.5, 0.6) is 0 Å². The van der Waals surface area contributed by atoms with Crippen molar-refractivity contribution in [3.05, 3.63) is 28.5 Å². The summed E-state index contributed by atoms with van der Waals surface area (Å²) in [5, 5.41) is 2.63. The number of aromatic nitrogens is 1. The van der Waals surface area contributed by atoms with Gasteiger partial charge in [0.25, 0.3) is 0 Å². The molecule has 1 aliphatic heterocycles.